The molecule has 1 aromatic heterocycles. The summed E-state index contributed by atoms with van der Waals surface area (Å²) < 4.78 is 0. The number of hydrogen-bond acceptors (Lipinski definition) is 4. The number of benzene rings is 1. The fraction of sp³-hybridized carbons (Fsp3) is 0.444. The lowest BCUT2D eigenvalue weighted by Crippen LogP contribution is -2.27. The summed E-state index contributed by atoms with van der Waals surface area (Å²) in [5, 5.41) is 4.09. The first kappa shape index (κ1) is 17.5. The number of carbonyl (C=O) groups is 1. The average molecular weight is 331 g/mol. The van der Waals surface area contributed by atoms with Gasteiger partial charge >= 0.3 is 0 Å². The van der Waals surface area contributed by atoms with Gasteiger partial charge in [0.25, 0.3) is 0 Å². The zero-order valence-electron chi connectivity index (χ0n) is 14.5. The number of nitrogens with one attached hydrogen (secondary N) is 1. The van der Waals surface area contributed by atoms with Crippen molar-refractivity contribution >= 4 is 22.9 Å². The molecule has 1 amide bonds. The van der Waals surface area contributed by atoms with Gasteiger partial charge in [-0.2, -0.15) is 0 Å². The van der Waals surface area contributed by atoms with Crippen molar-refractivity contribution in [3.8, 4) is 0 Å². The van der Waals surface area contributed by atoms with Crippen LogP contribution in [0.25, 0.3) is 0 Å². The van der Waals surface area contributed by atoms with E-state index in [0.717, 1.165) is 17.1 Å². The molecular formula is C18H25N3OS. The Labute approximate surface area is 142 Å². The Balaban J connectivity index is 1.86. The summed E-state index contributed by atoms with van der Waals surface area (Å²) in [6.45, 7) is 6.04. The molecule has 1 N–H and O–H groups in total. The minimum absolute atomic E-state index is 0.0384. The number of nitrogens with zero attached hydrogens (tertiary/aromatic N) is 2. The van der Waals surface area contributed by atoms with E-state index in [-0.39, 0.29) is 11.9 Å². The predicted octanol–water partition coefficient (Wildman–Crippen LogP) is 3.64. The summed E-state index contributed by atoms with van der Waals surface area (Å²) in [7, 11) is 4.04. The number of aromatic nitrogens is 1. The molecule has 0 fully saturated rings. The molecule has 1 unspecified atom stereocenters. The Hall–Kier alpha value is -1.88. The zero-order chi connectivity index (χ0) is 17.0. The molecule has 1 aromatic carbocycles. The van der Waals surface area contributed by atoms with Gasteiger partial charge in [0.05, 0.1) is 16.7 Å². The SMILES string of the molecule is Cc1nc(C(C)NC(=O)CCc2ccc(N(C)C)cc2)c(C)s1. The van der Waals surface area contributed by atoms with Gasteiger partial charge in [0.2, 0.25) is 5.91 Å². The minimum atomic E-state index is -0.0384. The highest BCUT2D eigenvalue weighted by Gasteiger charge is 2.15. The van der Waals surface area contributed by atoms with Crippen LogP contribution in [-0.2, 0) is 11.2 Å². The molecule has 124 valence electrons. The first-order valence-electron chi connectivity index (χ1n) is 7.86. The molecule has 0 saturated carbocycles. The predicted molar refractivity (Wildman–Crippen MR) is 97.2 cm³/mol. The number of thiazole rings is 1. The second-order valence-electron chi connectivity index (χ2n) is 6.02. The second-order valence-corrected chi connectivity index (χ2v) is 7.43. The van der Waals surface area contributed by atoms with E-state index in [1.165, 1.54) is 16.1 Å². The molecule has 0 saturated heterocycles. The van der Waals surface area contributed by atoms with E-state index in [1.807, 2.05) is 27.9 Å². The molecule has 1 heterocycles. The Bertz CT molecular complexity index is 661. The highest BCUT2D eigenvalue weighted by Crippen LogP contribution is 2.22. The van der Waals surface area contributed by atoms with Crippen molar-refractivity contribution in [2.45, 2.75) is 39.7 Å². The number of amides is 1. The Morgan fingerprint density at radius 2 is 1.91 bits per heavy atom. The fourth-order valence-corrected chi connectivity index (χ4v) is 3.46. The van der Waals surface area contributed by atoms with E-state index in [2.05, 4.69) is 46.4 Å². The molecule has 2 aromatic rings. The third kappa shape index (κ3) is 4.79. The van der Waals surface area contributed by atoms with Crippen molar-refractivity contribution in [2.75, 3.05) is 19.0 Å². The summed E-state index contributed by atoms with van der Waals surface area (Å²) in [4.78, 5) is 19.9. The van der Waals surface area contributed by atoms with Crippen LogP contribution >= 0.6 is 11.3 Å². The van der Waals surface area contributed by atoms with Crippen molar-refractivity contribution < 1.29 is 4.79 Å². The van der Waals surface area contributed by atoms with Crippen LogP contribution in [0, 0.1) is 13.8 Å². The third-order valence-electron chi connectivity index (χ3n) is 3.82. The lowest BCUT2D eigenvalue weighted by molar-refractivity contribution is -0.121. The number of hydrogen-bond donors (Lipinski definition) is 1. The topological polar surface area (TPSA) is 45.2 Å². The molecule has 1 atom stereocenters. The van der Waals surface area contributed by atoms with Gasteiger partial charge in [0.15, 0.2) is 0 Å². The number of anilines is 1. The van der Waals surface area contributed by atoms with Crippen LogP contribution in [0.3, 0.4) is 0 Å². The van der Waals surface area contributed by atoms with E-state index in [1.54, 1.807) is 11.3 Å². The molecule has 0 aliphatic rings. The summed E-state index contributed by atoms with van der Waals surface area (Å²) >= 11 is 1.67. The maximum Gasteiger partial charge on any atom is 0.220 e. The Morgan fingerprint density at radius 3 is 2.43 bits per heavy atom. The van der Waals surface area contributed by atoms with Gasteiger partial charge in [0.1, 0.15) is 0 Å². The van der Waals surface area contributed by atoms with Crippen LogP contribution in [0.1, 0.15) is 40.5 Å². The smallest absolute Gasteiger partial charge is 0.220 e. The molecule has 0 aliphatic heterocycles. The summed E-state index contributed by atoms with van der Waals surface area (Å²) in [5.41, 5.74) is 3.33. The number of rotatable bonds is 6. The normalized spacial score (nSPS) is 12.0. The second kappa shape index (κ2) is 7.59. The van der Waals surface area contributed by atoms with Crippen LogP contribution in [0.5, 0.6) is 0 Å². The van der Waals surface area contributed by atoms with Crippen LogP contribution in [0.2, 0.25) is 0 Å². The van der Waals surface area contributed by atoms with Gasteiger partial charge in [-0.1, -0.05) is 12.1 Å². The van der Waals surface area contributed by atoms with Crippen LogP contribution in [0.15, 0.2) is 24.3 Å². The van der Waals surface area contributed by atoms with Crippen molar-refractivity contribution in [1.29, 1.82) is 0 Å². The Morgan fingerprint density at radius 1 is 1.26 bits per heavy atom. The van der Waals surface area contributed by atoms with E-state index < -0.39 is 0 Å². The fourth-order valence-electron chi connectivity index (χ4n) is 2.55. The number of carbonyl (C=O) groups excluding carboxylic acids is 1. The van der Waals surface area contributed by atoms with Crippen LogP contribution < -0.4 is 10.2 Å². The van der Waals surface area contributed by atoms with Gasteiger partial charge in [-0.15, -0.1) is 11.3 Å². The lowest BCUT2D eigenvalue weighted by Gasteiger charge is -2.14. The van der Waals surface area contributed by atoms with Crippen LogP contribution in [-0.4, -0.2) is 25.0 Å². The molecule has 2 rings (SSSR count). The molecule has 5 heteroatoms. The molecule has 0 radical (unpaired) electrons. The summed E-state index contributed by atoms with van der Waals surface area (Å²) in [5.74, 6) is 0.0687. The van der Waals surface area contributed by atoms with Crippen LogP contribution in [0.4, 0.5) is 5.69 Å². The molecule has 0 bridgehead atoms. The molecule has 23 heavy (non-hydrogen) atoms. The van der Waals surface area contributed by atoms with Crippen molar-refractivity contribution in [2.24, 2.45) is 0 Å². The van der Waals surface area contributed by atoms with E-state index in [9.17, 15) is 4.79 Å². The Kier molecular flexibility index (Phi) is 5.77. The molecule has 4 nitrogen and oxygen atoms in total. The largest absolute Gasteiger partial charge is 0.378 e. The average Bonchev–Trinajstić information content (AvgIpc) is 2.84. The first-order valence-corrected chi connectivity index (χ1v) is 8.68. The van der Waals surface area contributed by atoms with Gasteiger partial charge in [0, 0.05) is 31.1 Å². The third-order valence-corrected chi connectivity index (χ3v) is 4.72. The monoisotopic (exact) mass is 331 g/mol. The van der Waals surface area contributed by atoms with Gasteiger partial charge in [-0.05, 0) is 44.9 Å². The van der Waals surface area contributed by atoms with Crippen molar-refractivity contribution in [3.05, 3.63) is 45.4 Å². The van der Waals surface area contributed by atoms with Crippen molar-refractivity contribution in [1.82, 2.24) is 10.3 Å². The number of aryl methyl sites for hydroxylation is 3. The molecule has 0 spiro atoms. The van der Waals surface area contributed by atoms with Gasteiger partial charge in [-0.25, -0.2) is 4.98 Å². The molecule has 0 aliphatic carbocycles. The minimum Gasteiger partial charge on any atom is -0.378 e. The lowest BCUT2D eigenvalue weighted by atomic mass is 10.1. The maximum absolute atomic E-state index is 12.1. The summed E-state index contributed by atoms with van der Waals surface area (Å²) in [6, 6.07) is 8.29. The highest BCUT2D eigenvalue weighted by atomic mass is 32.1. The first-order chi connectivity index (χ1) is 10.9. The van der Waals surface area contributed by atoms with Gasteiger partial charge in [-0.3, -0.25) is 4.79 Å². The quantitative estimate of drug-likeness (QED) is 0.879. The zero-order valence-corrected chi connectivity index (χ0v) is 15.3. The van der Waals surface area contributed by atoms with E-state index >= 15 is 0 Å². The van der Waals surface area contributed by atoms with E-state index in [0.29, 0.717) is 6.42 Å². The highest BCUT2D eigenvalue weighted by molar-refractivity contribution is 7.11. The standard InChI is InChI=1S/C18H25N3OS/c1-12(18-13(2)23-14(3)20-18)19-17(22)11-8-15-6-9-16(10-7-15)21(4)5/h6-7,9-10,12H,8,11H2,1-5H3,(H,19,22). The van der Waals surface area contributed by atoms with Crippen molar-refractivity contribution in [3.63, 3.8) is 0 Å². The van der Waals surface area contributed by atoms with Gasteiger partial charge < -0.3 is 10.2 Å². The molecular weight excluding hydrogens is 306 g/mol. The maximum atomic E-state index is 12.1. The summed E-state index contributed by atoms with van der Waals surface area (Å²) in [6.07, 6.45) is 1.25. The van der Waals surface area contributed by atoms with E-state index in [4.69, 9.17) is 0 Å².